The molecule has 9 heteroatoms. The molecule has 1 fully saturated rings. The minimum absolute atomic E-state index is 0.0142. The van der Waals surface area contributed by atoms with Gasteiger partial charge in [-0.2, -0.15) is 4.31 Å². The summed E-state index contributed by atoms with van der Waals surface area (Å²) in [5.74, 6) is -2.07. The summed E-state index contributed by atoms with van der Waals surface area (Å²) < 4.78 is 60.9. The maximum Gasteiger partial charge on any atom is 0.258 e. The smallest absolute Gasteiger partial charge is 0.258 e. The molecule has 0 aliphatic carbocycles. The van der Waals surface area contributed by atoms with Crippen molar-refractivity contribution >= 4 is 21.6 Å². The molecular formula is C24H22F2N2O4S. The van der Waals surface area contributed by atoms with Crippen LogP contribution in [0.25, 0.3) is 0 Å². The Labute approximate surface area is 190 Å². The van der Waals surface area contributed by atoms with Crippen LogP contribution in [0, 0.1) is 11.6 Å². The predicted octanol–water partition coefficient (Wildman–Crippen LogP) is 5.18. The molecule has 4 rings (SSSR count). The van der Waals surface area contributed by atoms with Crippen molar-refractivity contribution in [1.82, 2.24) is 4.31 Å². The van der Waals surface area contributed by atoms with E-state index in [4.69, 9.17) is 4.74 Å². The summed E-state index contributed by atoms with van der Waals surface area (Å²) in [5, 5.41) is 2.51. The van der Waals surface area contributed by atoms with Gasteiger partial charge < -0.3 is 10.1 Å². The highest BCUT2D eigenvalue weighted by atomic mass is 32.2. The fraction of sp³-hybridized carbons (Fsp3) is 0.208. The van der Waals surface area contributed by atoms with Crippen LogP contribution in [0.4, 0.5) is 14.5 Å². The minimum atomic E-state index is -3.79. The molecule has 1 amide bonds. The zero-order valence-electron chi connectivity index (χ0n) is 17.6. The molecule has 0 radical (unpaired) electrons. The van der Waals surface area contributed by atoms with Crippen LogP contribution in [0.1, 0.15) is 29.6 Å². The lowest BCUT2D eigenvalue weighted by Gasteiger charge is -2.26. The summed E-state index contributed by atoms with van der Waals surface area (Å²) in [7, 11) is -3.79. The Kier molecular flexibility index (Phi) is 6.71. The van der Waals surface area contributed by atoms with Crippen LogP contribution in [-0.2, 0) is 10.0 Å². The van der Waals surface area contributed by atoms with E-state index in [1.54, 1.807) is 30.3 Å². The van der Waals surface area contributed by atoms with Gasteiger partial charge in [0.2, 0.25) is 10.0 Å². The van der Waals surface area contributed by atoms with Crippen molar-refractivity contribution in [2.24, 2.45) is 0 Å². The average molecular weight is 473 g/mol. The van der Waals surface area contributed by atoms with Crippen molar-refractivity contribution in [2.75, 3.05) is 18.4 Å². The van der Waals surface area contributed by atoms with Crippen molar-refractivity contribution in [3.8, 4) is 11.5 Å². The fourth-order valence-corrected chi connectivity index (χ4v) is 5.13. The highest BCUT2D eigenvalue weighted by Gasteiger charge is 2.27. The van der Waals surface area contributed by atoms with Crippen LogP contribution in [0.5, 0.6) is 11.5 Å². The molecular weight excluding hydrogens is 450 g/mol. The standard InChI is InChI=1S/C24H22F2N2O4S/c25-17-9-11-20(21(26)15-17)24(29)27-22-16-19(33(30,31)28-13-5-2-6-14-28)10-12-23(22)32-18-7-3-1-4-8-18/h1,3-4,7-12,15-16H,2,5-6,13-14H2,(H,27,29). The first-order chi connectivity index (χ1) is 15.8. The Morgan fingerprint density at radius 2 is 1.64 bits per heavy atom. The summed E-state index contributed by atoms with van der Waals surface area (Å²) in [5.41, 5.74) is -0.336. The first kappa shape index (κ1) is 22.9. The number of nitrogens with one attached hydrogen (secondary N) is 1. The third-order valence-electron chi connectivity index (χ3n) is 5.30. The molecule has 1 saturated heterocycles. The minimum Gasteiger partial charge on any atom is -0.455 e. The van der Waals surface area contributed by atoms with Crippen molar-refractivity contribution in [3.63, 3.8) is 0 Å². The van der Waals surface area contributed by atoms with E-state index in [9.17, 15) is 22.0 Å². The van der Waals surface area contributed by atoms with Crippen molar-refractivity contribution in [3.05, 3.63) is 83.9 Å². The molecule has 6 nitrogen and oxygen atoms in total. The van der Waals surface area contributed by atoms with Gasteiger partial charge in [-0.3, -0.25) is 4.79 Å². The van der Waals surface area contributed by atoms with E-state index in [1.807, 2.05) is 0 Å². The van der Waals surface area contributed by atoms with Gasteiger partial charge in [0.15, 0.2) is 5.75 Å². The van der Waals surface area contributed by atoms with Crippen LogP contribution in [0.2, 0.25) is 0 Å². The number of carbonyl (C=O) groups excluding carboxylic acids is 1. The van der Waals surface area contributed by atoms with Crippen LogP contribution < -0.4 is 10.1 Å². The van der Waals surface area contributed by atoms with Crippen molar-refractivity contribution < 1.29 is 26.7 Å². The number of nitrogens with zero attached hydrogens (tertiary/aromatic N) is 1. The number of benzene rings is 3. The van der Waals surface area contributed by atoms with E-state index >= 15 is 0 Å². The Morgan fingerprint density at radius 3 is 2.33 bits per heavy atom. The van der Waals surface area contributed by atoms with Crippen LogP contribution in [-0.4, -0.2) is 31.7 Å². The molecule has 0 saturated carbocycles. The van der Waals surface area contributed by atoms with E-state index in [0.29, 0.717) is 24.9 Å². The number of halogens is 2. The molecule has 0 spiro atoms. The number of ether oxygens (including phenoxy) is 1. The lowest BCUT2D eigenvalue weighted by Crippen LogP contribution is -2.35. The maximum absolute atomic E-state index is 14.1. The summed E-state index contributed by atoms with van der Waals surface area (Å²) in [6.07, 6.45) is 2.53. The van der Waals surface area contributed by atoms with E-state index in [2.05, 4.69) is 5.32 Å². The van der Waals surface area contributed by atoms with E-state index in [-0.39, 0.29) is 21.9 Å². The van der Waals surface area contributed by atoms with Gasteiger partial charge in [0.1, 0.15) is 17.4 Å². The normalized spacial score (nSPS) is 14.6. The molecule has 0 bridgehead atoms. The van der Waals surface area contributed by atoms with Gasteiger partial charge in [0.25, 0.3) is 5.91 Å². The monoisotopic (exact) mass is 472 g/mol. The first-order valence-electron chi connectivity index (χ1n) is 10.5. The lowest BCUT2D eigenvalue weighted by atomic mass is 10.2. The Morgan fingerprint density at radius 1 is 0.909 bits per heavy atom. The molecule has 172 valence electrons. The Balaban J connectivity index is 1.70. The first-order valence-corrected chi connectivity index (χ1v) is 11.9. The van der Waals surface area contributed by atoms with E-state index in [1.165, 1.54) is 22.5 Å². The zero-order chi connectivity index (χ0) is 23.4. The predicted molar refractivity (Wildman–Crippen MR) is 120 cm³/mol. The number of amides is 1. The maximum atomic E-state index is 14.1. The molecule has 1 aliphatic heterocycles. The highest BCUT2D eigenvalue weighted by molar-refractivity contribution is 7.89. The number of rotatable bonds is 6. The number of piperidine rings is 1. The van der Waals surface area contributed by atoms with Crippen LogP contribution in [0.3, 0.4) is 0 Å². The van der Waals surface area contributed by atoms with Crippen molar-refractivity contribution in [1.29, 1.82) is 0 Å². The fourth-order valence-electron chi connectivity index (χ4n) is 3.59. The van der Waals surface area contributed by atoms with Crippen LogP contribution >= 0.6 is 0 Å². The summed E-state index contributed by atoms with van der Waals surface area (Å²) >= 11 is 0. The van der Waals surface area contributed by atoms with Crippen LogP contribution in [0.15, 0.2) is 71.6 Å². The largest absolute Gasteiger partial charge is 0.455 e. The average Bonchev–Trinajstić information content (AvgIpc) is 2.81. The molecule has 33 heavy (non-hydrogen) atoms. The Hall–Kier alpha value is -3.30. The topological polar surface area (TPSA) is 75.7 Å². The number of hydrogen-bond acceptors (Lipinski definition) is 4. The number of sulfonamides is 1. The van der Waals surface area contributed by atoms with Gasteiger partial charge in [-0.1, -0.05) is 24.6 Å². The molecule has 3 aromatic carbocycles. The second kappa shape index (κ2) is 9.68. The van der Waals surface area contributed by atoms with Gasteiger partial charge in [-0.05, 0) is 55.3 Å². The third-order valence-corrected chi connectivity index (χ3v) is 7.19. The summed E-state index contributed by atoms with van der Waals surface area (Å²) in [6.45, 7) is 0.847. The van der Waals surface area contributed by atoms with E-state index < -0.39 is 27.6 Å². The quantitative estimate of drug-likeness (QED) is 0.536. The molecule has 1 heterocycles. The Bertz CT molecular complexity index is 1260. The molecule has 3 aromatic rings. The number of anilines is 1. The van der Waals surface area contributed by atoms with Gasteiger partial charge in [-0.15, -0.1) is 0 Å². The summed E-state index contributed by atoms with van der Waals surface area (Å²) in [4.78, 5) is 12.7. The molecule has 0 unspecified atom stereocenters. The van der Waals surface area contributed by atoms with Gasteiger partial charge in [-0.25, -0.2) is 17.2 Å². The van der Waals surface area contributed by atoms with Gasteiger partial charge >= 0.3 is 0 Å². The van der Waals surface area contributed by atoms with Gasteiger partial charge in [0.05, 0.1) is 16.1 Å². The molecule has 0 aromatic heterocycles. The second-order valence-corrected chi connectivity index (χ2v) is 9.55. The number of carbonyl (C=O) groups is 1. The van der Waals surface area contributed by atoms with Gasteiger partial charge in [0, 0.05) is 19.2 Å². The number of para-hydroxylation sites is 1. The molecule has 1 aliphatic rings. The SMILES string of the molecule is O=C(Nc1cc(S(=O)(=O)N2CCCCC2)ccc1Oc1ccccc1)c1ccc(F)cc1F. The third kappa shape index (κ3) is 5.20. The number of hydrogen-bond donors (Lipinski definition) is 1. The summed E-state index contributed by atoms with van der Waals surface area (Å²) in [6, 6.07) is 15.5. The lowest BCUT2D eigenvalue weighted by molar-refractivity contribution is 0.102. The zero-order valence-corrected chi connectivity index (χ0v) is 18.4. The van der Waals surface area contributed by atoms with E-state index in [0.717, 1.165) is 31.4 Å². The van der Waals surface area contributed by atoms with Crippen molar-refractivity contribution in [2.45, 2.75) is 24.2 Å². The second-order valence-electron chi connectivity index (χ2n) is 7.62. The molecule has 1 N–H and O–H groups in total. The highest BCUT2D eigenvalue weighted by Crippen LogP contribution is 2.33. The molecule has 0 atom stereocenters.